The molecule has 0 bridgehead atoms. The highest BCUT2D eigenvalue weighted by atomic mass is 35.5. The smallest absolute Gasteiger partial charge is 0.203 e. The number of hydrazone groups is 1. The Hall–Kier alpha value is -1.88. The van der Waals surface area contributed by atoms with E-state index < -0.39 is 0 Å². The molecule has 1 heterocycles. The van der Waals surface area contributed by atoms with E-state index in [1.165, 1.54) is 11.3 Å². The van der Waals surface area contributed by atoms with Crippen LogP contribution < -0.4 is 5.43 Å². The second-order valence-corrected chi connectivity index (χ2v) is 7.13. The zero-order chi connectivity index (χ0) is 17.6. The standard InChI is InChI=1S/C19H17Cl2N3S/c1-2-6-17(13-7-4-3-5-8-13)23-24-19-22-18(12-25-19)14-9-10-15(20)16(21)11-14/h3-5,7-12H,2,6H2,1H3,(H,22,24)/b23-17-. The van der Waals surface area contributed by atoms with Gasteiger partial charge in [-0.2, -0.15) is 5.10 Å². The average Bonchev–Trinajstić information content (AvgIpc) is 3.11. The van der Waals surface area contributed by atoms with Gasteiger partial charge in [0.2, 0.25) is 5.13 Å². The fraction of sp³-hybridized carbons (Fsp3) is 0.158. The summed E-state index contributed by atoms with van der Waals surface area (Å²) in [4.78, 5) is 4.58. The van der Waals surface area contributed by atoms with Crippen molar-refractivity contribution in [3.8, 4) is 11.3 Å². The molecule has 0 aliphatic rings. The molecule has 2 aromatic carbocycles. The van der Waals surface area contributed by atoms with Crippen LogP contribution in [0.15, 0.2) is 59.0 Å². The van der Waals surface area contributed by atoms with Crippen molar-refractivity contribution < 1.29 is 0 Å². The summed E-state index contributed by atoms with van der Waals surface area (Å²) in [5.74, 6) is 0. The maximum Gasteiger partial charge on any atom is 0.203 e. The van der Waals surface area contributed by atoms with E-state index in [1.807, 2.05) is 35.7 Å². The molecule has 3 rings (SSSR count). The van der Waals surface area contributed by atoms with Crippen LogP contribution in [0.4, 0.5) is 5.13 Å². The molecule has 0 fully saturated rings. The molecule has 6 heteroatoms. The van der Waals surface area contributed by atoms with E-state index in [9.17, 15) is 0 Å². The van der Waals surface area contributed by atoms with Gasteiger partial charge < -0.3 is 0 Å². The minimum Gasteiger partial charge on any atom is -0.252 e. The minimum absolute atomic E-state index is 0.522. The number of rotatable bonds is 6. The summed E-state index contributed by atoms with van der Waals surface area (Å²) >= 11 is 13.6. The molecule has 0 saturated carbocycles. The molecule has 0 aliphatic heterocycles. The summed E-state index contributed by atoms with van der Waals surface area (Å²) in [7, 11) is 0. The lowest BCUT2D eigenvalue weighted by Crippen LogP contribution is -2.04. The Morgan fingerprint density at radius 1 is 1.12 bits per heavy atom. The van der Waals surface area contributed by atoms with Crippen molar-refractivity contribution in [3.05, 3.63) is 69.5 Å². The zero-order valence-corrected chi connectivity index (χ0v) is 16.0. The van der Waals surface area contributed by atoms with Crippen molar-refractivity contribution in [1.29, 1.82) is 0 Å². The molecule has 25 heavy (non-hydrogen) atoms. The molecule has 128 valence electrons. The molecule has 0 saturated heterocycles. The van der Waals surface area contributed by atoms with Crippen LogP contribution in [0.5, 0.6) is 0 Å². The fourth-order valence-electron chi connectivity index (χ4n) is 2.36. The third-order valence-corrected chi connectivity index (χ3v) is 5.09. The van der Waals surface area contributed by atoms with E-state index in [-0.39, 0.29) is 0 Å². The van der Waals surface area contributed by atoms with E-state index in [0.717, 1.165) is 40.5 Å². The van der Waals surface area contributed by atoms with E-state index in [0.29, 0.717) is 10.0 Å². The predicted molar refractivity (Wildman–Crippen MR) is 109 cm³/mol. The quantitative estimate of drug-likeness (QED) is 0.374. The summed E-state index contributed by atoms with van der Waals surface area (Å²) < 4.78 is 0. The molecule has 1 N–H and O–H groups in total. The van der Waals surface area contributed by atoms with Crippen LogP contribution >= 0.6 is 34.5 Å². The van der Waals surface area contributed by atoms with Crippen molar-refractivity contribution in [2.45, 2.75) is 19.8 Å². The van der Waals surface area contributed by atoms with Crippen LogP contribution in [0.2, 0.25) is 10.0 Å². The number of halogens is 2. The lowest BCUT2D eigenvalue weighted by atomic mass is 10.1. The third kappa shape index (κ3) is 4.60. The van der Waals surface area contributed by atoms with Gasteiger partial charge in [-0.05, 0) is 24.1 Å². The van der Waals surface area contributed by atoms with Crippen molar-refractivity contribution >= 4 is 45.4 Å². The molecule has 0 atom stereocenters. The predicted octanol–water partition coefficient (Wildman–Crippen LogP) is 6.73. The first-order chi connectivity index (χ1) is 12.2. The highest BCUT2D eigenvalue weighted by molar-refractivity contribution is 7.14. The van der Waals surface area contributed by atoms with Gasteiger partial charge in [0, 0.05) is 10.9 Å². The maximum atomic E-state index is 6.08. The van der Waals surface area contributed by atoms with E-state index in [1.54, 1.807) is 6.07 Å². The SMILES string of the molecule is CCC/C(=N/Nc1nc(-c2ccc(Cl)c(Cl)c2)cs1)c1ccccc1. The summed E-state index contributed by atoms with van der Waals surface area (Å²) in [6.45, 7) is 2.14. The second-order valence-electron chi connectivity index (χ2n) is 5.45. The zero-order valence-electron chi connectivity index (χ0n) is 13.7. The molecule has 0 spiro atoms. The van der Waals surface area contributed by atoms with E-state index in [2.05, 4.69) is 34.6 Å². The maximum absolute atomic E-state index is 6.08. The van der Waals surface area contributed by atoms with Crippen molar-refractivity contribution in [2.75, 3.05) is 5.43 Å². The highest BCUT2D eigenvalue weighted by Gasteiger charge is 2.07. The van der Waals surface area contributed by atoms with Gasteiger partial charge in [-0.3, -0.25) is 5.43 Å². The number of nitrogens with zero attached hydrogens (tertiary/aromatic N) is 2. The molecule has 0 unspecified atom stereocenters. The number of nitrogens with one attached hydrogen (secondary N) is 1. The fourth-order valence-corrected chi connectivity index (χ4v) is 3.32. The number of aromatic nitrogens is 1. The molecule has 3 aromatic rings. The summed E-state index contributed by atoms with van der Waals surface area (Å²) in [6.07, 6.45) is 1.93. The largest absolute Gasteiger partial charge is 0.252 e. The van der Waals surface area contributed by atoms with Crippen LogP contribution in [-0.4, -0.2) is 10.7 Å². The number of hydrogen-bond acceptors (Lipinski definition) is 4. The summed E-state index contributed by atoms with van der Waals surface area (Å²) in [5, 5.41) is 8.33. The Morgan fingerprint density at radius 2 is 1.92 bits per heavy atom. The van der Waals surface area contributed by atoms with Crippen LogP contribution in [-0.2, 0) is 0 Å². The first-order valence-corrected chi connectivity index (χ1v) is 9.60. The number of benzene rings is 2. The summed E-state index contributed by atoms with van der Waals surface area (Å²) in [6, 6.07) is 15.7. The van der Waals surface area contributed by atoms with Gasteiger partial charge in [0.05, 0.1) is 21.5 Å². The van der Waals surface area contributed by atoms with Gasteiger partial charge >= 0.3 is 0 Å². The highest BCUT2D eigenvalue weighted by Crippen LogP contribution is 2.30. The lowest BCUT2D eigenvalue weighted by Gasteiger charge is -2.05. The topological polar surface area (TPSA) is 37.3 Å². The molecular formula is C19H17Cl2N3S. The van der Waals surface area contributed by atoms with Gasteiger partial charge in [0.1, 0.15) is 0 Å². The van der Waals surface area contributed by atoms with Crippen LogP contribution in [0.3, 0.4) is 0 Å². The Labute approximate surface area is 161 Å². The Balaban J connectivity index is 1.79. The van der Waals surface area contributed by atoms with Gasteiger partial charge in [0.25, 0.3) is 0 Å². The molecule has 0 amide bonds. The first kappa shape index (κ1) is 17.9. The van der Waals surface area contributed by atoms with Gasteiger partial charge in [-0.15, -0.1) is 11.3 Å². The lowest BCUT2D eigenvalue weighted by molar-refractivity contribution is 0.987. The normalized spacial score (nSPS) is 11.6. The molecular weight excluding hydrogens is 373 g/mol. The van der Waals surface area contributed by atoms with Crippen LogP contribution in [0, 0.1) is 0 Å². The molecule has 0 radical (unpaired) electrons. The first-order valence-electron chi connectivity index (χ1n) is 7.96. The second kappa shape index (κ2) is 8.48. The molecule has 1 aromatic heterocycles. The van der Waals surface area contributed by atoms with E-state index in [4.69, 9.17) is 23.2 Å². The monoisotopic (exact) mass is 389 g/mol. The van der Waals surface area contributed by atoms with E-state index >= 15 is 0 Å². The average molecular weight is 390 g/mol. The van der Waals surface area contributed by atoms with Crippen molar-refractivity contribution in [1.82, 2.24) is 4.98 Å². The van der Waals surface area contributed by atoms with Crippen molar-refractivity contribution in [2.24, 2.45) is 5.10 Å². The number of hydrogen-bond donors (Lipinski definition) is 1. The molecule has 3 nitrogen and oxygen atoms in total. The van der Waals surface area contributed by atoms with Crippen molar-refractivity contribution in [3.63, 3.8) is 0 Å². The minimum atomic E-state index is 0.522. The van der Waals surface area contributed by atoms with Gasteiger partial charge in [0.15, 0.2) is 0 Å². The Bertz CT molecular complexity index is 875. The Kier molecular flexibility index (Phi) is 6.08. The summed E-state index contributed by atoms with van der Waals surface area (Å²) in [5.41, 5.74) is 7.00. The van der Waals surface area contributed by atoms with Gasteiger partial charge in [-0.1, -0.05) is 72.9 Å². The van der Waals surface area contributed by atoms with Crippen LogP contribution in [0.25, 0.3) is 11.3 Å². The van der Waals surface area contributed by atoms with Crippen LogP contribution in [0.1, 0.15) is 25.3 Å². The Morgan fingerprint density at radius 3 is 2.64 bits per heavy atom. The van der Waals surface area contributed by atoms with Gasteiger partial charge in [-0.25, -0.2) is 4.98 Å². The molecule has 0 aliphatic carbocycles. The number of thiazole rings is 1. The third-order valence-electron chi connectivity index (χ3n) is 3.60. The number of anilines is 1.